The SMILES string of the molecule is CCCCC(C)(OCC(F)(F)F)c1ccccn1. The molecule has 0 aromatic carbocycles. The van der Waals surface area contributed by atoms with Gasteiger partial charge in [0, 0.05) is 6.20 Å². The number of pyridine rings is 1. The van der Waals surface area contributed by atoms with Crippen molar-refractivity contribution in [1.29, 1.82) is 0 Å². The lowest BCUT2D eigenvalue weighted by atomic mass is 9.94. The fraction of sp³-hybridized carbons (Fsp3) is 0.615. The average molecular weight is 261 g/mol. The normalized spacial score (nSPS) is 15.4. The van der Waals surface area contributed by atoms with Crippen molar-refractivity contribution in [2.24, 2.45) is 0 Å². The molecule has 0 aliphatic heterocycles. The first-order valence-corrected chi connectivity index (χ1v) is 5.99. The van der Waals surface area contributed by atoms with Crippen LogP contribution in [0.15, 0.2) is 24.4 Å². The number of nitrogens with zero attached hydrogens (tertiary/aromatic N) is 1. The largest absolute Gasteiger partial charge is 0.411 e. The van der Waals surface area contributed by atoms with Crippen LogP contribution in [0.1, 0.15) is 38.8 Å². The third-order valence-corrected chi connectivity index (χ3v) is 2.77. The molecule has 1 aromatic rings. The Morgan fingerprint density at radius 3 is 2.50 bits per heavy atom. The Kier molecular flexibility index (Phi) is 5.14. The second-order valence-corrected chi connectivity index (χ2v) is 4.45. The highest BCUT2D eigenvalue weighted by atomic mass is 19.4. The summed E-state index contributed by atoms with van der Waals surface area (Å²) in [5.74, 6) is 0. The molecule has 1 atom stereocenters. The van der Waals surface area contributed by atoms with Crippen LogP contribution in [0.4, 0.5) is 13.2 Å². The summed E-state index contributed by atoms with van der Waals surface area (Å²) in [6.07, 6.45) is -0.530. The average Bonchev–Trinajstić information content (AvgIpc) is 2.34. The van der Waals surface area contributed by atoms with Gasteiger partial charge in [-0.15, -0.1) is 0 Å². The number of rotatable bonds is 6. The number of unbranched alkanes of at least 4 members (excludes halogenated alkanes) is 1. The first-order chi connectivity index (χ1) is 8.37. The Balaban J connectivity index is 2.82. The highest BCUT2D eigenvalue weighted by Gasteiger charge is 2.35. The molecule has 0 bridgehead atoms. The maximum absolute atomic E-state index is 12.3. The molecule has 5 heteroatoms. The molecular formula is C13H18F3NO. The standard InChI is InChI=1S/C13H18F3NO/c1-3-4-8-12(2,18-10-13(14,15)16)11-7-5-6-9-17-11/h5-7,9H,3-4,8,10H2,1-2H3. The van der Waals surface area contributed by atoms with E-state index >= 15 is 0 Å². The molecule has 0 aliphatic rings. The Hall–Kier alpha value is -1.10. The third kappa shape index (κ3) is 4.64. The molecule has 1 aromatic heterocycles. The van der Waals surface area contributed by atoms with Crippen molar-refractivity contribution in [2.45, 2.75) is 44.9 Å². The van der Waals surface area contributed by atoms with E-state index in [2.05, 4.69) is 4.98 Å². The van der Waals surface area contributed by atoms with E-state index in [9.17, 15) is 13.2 Å². The smallest absolute Gasteiger partial charge is 0.360 e. The van der Waals surface area contributed by atoms with Crippen molar-refractivity contribution in [3.63, 3.8) is 0 Å². The molecule has 0 saturated carbocycles. The van der Waals surface area contributed by atoms with Gasteiger partial charge in [0.05, 0.1) is 5.69 Å². The van der Waals surface area contributed by atoms with Gasteiger partial charge in [-0.1, -0.05) is 25.8 Å². The van der Waals surface area contributed by atoms with E-state index in [0.29, 0.717) is 12.1 Å². The predicted octanol–water partition coefficient (Wildman–Crippen LogP) is 4.07. The van der Waals surface area contributed by atoms with Crippen molar-refractivity contribution in [3.8, 4) is 0 Å². The maximum Gasteiger partial charge on any atom is 0.411 e. The zero-order valence-corrected chi connectivity index (χ0v) is 10.6. The molecule has 1 rings (SSSR count). The summed E-state index contributed by atoms with van der Waals surface area (Å²) >= 11 is 0. The molecule has 0 aliphatic carbocycles. The molecule has 0 amide bonds. The van der Waals surface area contributed by atoms with Crippen LogP contribution < -0.4 is 0 Å². The molecule has 1 heterocycles. The molecule has 1 unspecified atom stereocenters. The zero-order chi connectivity index (χ0) is 13.6. The summed E-state index contributed by atoms with van der Waals surface area (Å²) in [4.78, 5) is 4.11. The summed E-state index contributed by atoms with van der Waals surface area (Å²) in [5, 5.41) is 0. The molecule has 0 N–H and O–H groups in total. The Morgan fingerprint density at radius 2 is 2.00 bits per heavy atom. The maximum atomic E-state index is 12.3. The minimum absolute atomic E-state index is 0.524. The van der Waals surface area contributed by atoms with Gasteiger partial charge in [0.1, 0.15) is 12.2 Å². The van der Waals surface area contributed by atoms with Crippen molar-refractivity contribution >= 4 is 0 Å². The van der Waals surface area contributed by atoms with Gasteiger partial charge in [-0.05, 0) is 25.5 Å². The highest BCUT2D eigenvalue weighted by Crippen LogP contribution is 2.31. The number of halogens is 3. The van der Waals surface area contributed by atoms with Gasteiger partial charge < -0.3 is 4.74 Å². The fourth-order valence-electron chi connectivity index (χ4n) is 1.70. The molecule has 0 radical (unpaired) electrons. The second kappa shape index (κ2) is 6.18. The van der Waals surface area contributed by atoms with Crippen molar-refractivity contribution in [3.05, 3.63) is 30.1 Å². The lowest BCUT2D eigenvalue weighted by Crippen LogP contribution is -2.32. The lowest BCUT2D eigenvalue weighted by Gasteiger charge is -2.30. The third-order valence-electron chi connectivity index (χ3n) is 2.77. The molecule has 18 heavy (non-hydrogen) atoms. The molecule has 0 saturated heterocycles. The van der Waals surface area contributed by atoms with Gasteiger partial charge in [0.15, 0.2) is 0 Å². The number of aromatic nitrogens is 1. The van der Waals surface area contributed by atoms with E-state index in [0.717, 1.165) is 12.8 Å². The summed E-state index contributed by atoms with van der Waals surface area (Å²) in [6, 6.07) is 5.18. The Morgan fingerprint density at radius 1 is 1.28 bits per heavy atom. The van der Waals surface area contributed by atoms with Crippen LogP contribution in [0.2, 0.25) is 0 Å². The van der Waals surface area contributed by atoms with Crippen LogP contribution in [0.25, 0.3) is 0 Å². The van der Waals surface area contributed by atoms with Crippen LogP contribution in [0, 0.1) is 0 Å². The molecule has 102 valence electrons. The van der Waals surface area contributed by atoms with E-state index in [1.165, 1.54) is 0 Å². The van der Waals surface area contributed by atoms with Crippen LogP contribution in [-0.2, 0) is 10.3 Å². The Bertz CT molecular complexity index is 353. The van der Waals surface area contributed by atoms with Gasteiger partial charge in [-0.3, -0.25) is 4.98 Å². The fourth-order valence-corrected chi connectivity index (χ4v) is 1.70. The monoisotopic (exact) mass is 261 g/mol. The zero-order valence-electron chi connectivity index (χ0n) is 10.6. The number of hydrogen-bond acceptors (Lipinski definition) is 2. The van der Waals surface area contributed by atoms with Gasteiger partial charge in [-0.2, -0.15) is 13.2 Å². The quantitative estimate of drug-likeness (QED) is 0.770. The number of ether oxygens (including phenoxy) is 1. The molecule has 0 fully saturated rings. The van der Waals surface area contributed by atoms with E-state index in [1.807, 2.05) is 6.92 Å². The van der Waals surface area contributed by atoms with Crippen molar-refractivity contribution < 1.29 is 17.9 Å². The molecular weight excluding hydrogens is 243 g/mol. The van der Waals surface area contributed by atoms with Crippen molar-refractivity contribution in [2.75, 3.05) is 6.61 Å². The van der Waals surface area contributed by atoms with Gasteiger partial charge in [0.2, 0.25) is 0 Å². The van der Waals surface area contributed by atoms with E-state index in [-0.39, 0.29) is 0 Å². The summed E-state index contributed by atoms with van der Waals surface area (Å²) < 4.78 is 41.9. The number of hydrogen-bond donors (Lipinski definition) is 0. The topological polar surface area (TPSA) is 22.1 Å². The summed E-state index contributed by atoms with van der Waals surface area (Å²) in [7, 11) is 0. The van der Waals surface area contributed by atoms with E-state index in [1.54, 1.807) is 31.3 Å². The van der Waals surface area contributed by atoms with Gasteiger partial charge in [0.25, 0.3) is 0 Å². The van der Waals surface area contributed by atoms with Crippen LogP contribution >= 0.6 is 0 Å². The highest BCUT2D eigenvalue weighted by molar-refractivity contribution is 5.12. The predicted molar refractivity (Wildman–Crippen MR) is 63.1 cm³/mol. The first kappa shape index (κ1) is 15.0. The van der Waals surface area contributed by atoms with Crippen molar-refractivity contribution in [1.82, 2.24) is 4.98 Å². The van der Waals surface area contributed by atoms with Crippen LogP contribution in [0.3, 0.4) is 0 Å². The Labute approximate surface area is 105 Å². The van der Waals surface area contributed by atoms with E-state index < -0.39 is 18.4 Å². The van der Waals surface area contributed by atoms with Crippen LogP contribution in [0.5, 0.6) is 0 Å². The minimum atomic E-state index is -4.32. The summed E-state index contributed by atoms with van der Waals surface area (Å²) in [5.41, 5.74) is -0.435. The van der Waals surface area contributed by atoms with E-state index in [4.69, 9.17) is 4.74 Å². The first-order valence-electron chi connectivity index (χ1n) is 5.99. The lowest BCUT2D eigenvalue weighted by molar-refractivity contribution is -0.207. The minimum Gasteiger partial charge on any atom is -0.360 e. The second-order valence-electron chi connectivity index (χ2n) is 4.45. The number of alkyl halides is 3. The van der Waals surface area contributed by atoms with Gasteiger partial charge >= 0.3 is 6.18 Å². The summed E-state index contributed by atoms with van der Waals surface area (Å²) in [6.45, 7) is 2.41. The van der Waals surface area contributed by atoms with Crippen LogP contribution in [-0.4, -0.2) is 17.8 Å². The molecule has 0 spiro atoms. The van der Waals surface area contributed by atoms with Gasteiger partial charge in [-0.25, -0.2) is 0 Å². The molecule has 2 nitrogen and oxygen atoms in total.